The highest BCUT2D eigenvalue weighted by Gasteiger charge is 2.15. The van der Waals surface area contributed by atoms with E-state index in [2.05, 4.69) is 44.4 Å². The first-order valence-electron chi connectivity index (χ1n) is 6.89. The summed E-state index contributed by atoms with van der Waals surface area (Å²) in [5, 5.41) is 3.07. The van der Waals surface area contributed by atoms with Crippen LogP contribution in [0.25, 0.3) is 0 Å². The maximum atomic E-state index is 12.0. The second-order valence-electron chi connectivity index (χ2n) is 4.74. The van der Waals surface area contributed by atoms with Crippen LogP contribution in [0.1, 0.15) is 44.9 Å². The largest absolute Gasteiger partial charge is 0.348 e. The highest BCUT2D eigenvalue weighted by atomic mass is 16.2. The second kappa shape index (κ2) is 7.14. The van der Waals surface area contributed by atoms with Crippen LogP contribution in [0, 0.1) is 6.92 Å². The van der Waals surface area contributed by atoms with Crippen LogP contribution in [-0.4, -0.2) is 11.9 Å². The average Bonchev–Trinajstić information content (AvgIpc) is 2.38. The minimum absolute atomic E-state index is 0.102. The first-order chi connectivity index (χ1) is 8.60. The van der Waals surface area contributed by atoms with Gasteiger partial charge in [-0.05, 0) is 25.3 Å². The molecule has 0 aliphatic rings. The topological polar surface area (TPSA) is 33.0 Å². The van der Waals surface area contributed by atoms with Gasteiger partial charge in [0.15, 0.2) is 11.9 Å². The SMILES string of the molecule is CCc1ccc(C)[n+](CC(=O)NC(CC)CC)c1. The summed E-state index contributed by atoms with van der Waals surface area (Å²) in [6.45, 7) is 8.77. The molecule has 0 bridgehead atoms. The molecular formula is C15H25N2O+. The first-order valence-corrected chi connectivity index (χ1v) is 6.89. The maximum Gasteiger partial charge on any atom is 0.286 e. The first kappa shape index (κ1) is 14.7. The summed E-state index contributed by atoms with van der Waals surface area (Å²) in [6, 6.07) is 4.49. The van der Waals surface area contributed by atoms with Gasteiger partial charge >= 0.3 is 0 Å². The molecule has 0 fully saturated rings. The lowest BCUT2D eigenvalue weighted by Crippen LogP contribution is -2.47. The van der Waals surface area contributed by atoms with Crippen LogP contribution in [0.3, 0.4) is 0 Å². The number of pyridine rings is 1. The number of aromatic nitrogens is 1. The minimum atomic E-state index is 0.102. The lowest BCUT2D eigenvalue weighted by Gasteiger charge is -2.13. The van der Waals surface area contributed by atoms with E-state index in [0.29, 0.717) is 12.6 Å². The van der Waals surface area contributed by atoms with E-state index in [0.717, 1.165) is 25.0 Å². The molecule has 0 saturated carbocycles. The number of carbonyl (C=O) groups is 1. The molecule has 1 rings (SSSR count). The standard InChI is InChI=1S/C15H24N2O/c1-5-13-9-8-12(4)17(10-13)11-15(18)16-14(6-2)7-3/h8-10,14H,5-7,11H2,1-4H3/p+1. The molecule has 1 aromatic rings. The van der Waals surface area contributed by atoms with Gasteiger partial charge in [-0.3, -0.25) is 4.79 Å². The number of nitrogens with one attached hydrogen (secondary N) is 1. The third kappa shape index (κ3) is 4.13. The maximum absolute atomic E-state index is 12.0. The molecule has 0 unspecified atom stereocenters. The van der Waals surface area contributed by atoms with Gasteiger partial charge in [0.05, 0.1) is 0 Å². The zero-order chi connectivity index (χ0) is 13.5. The zero-order valence-electron chi connectivity index (χ0n) is 12.0. The van der Waals surface area contributed by atoms with Crippen molar-refractivity contribution in [3.05, 3.63) is 29.6 Å². The third-order valence-corrected chi connectivity index (χ3v) is 3.39. The third-order valence-electron chi connectivity index (χ3n) is 3.39. The van der Waals surface area contributed by atoms with Crippen molar-refractivity contribution in [2.45, 2.75) is 59.5 Å². The number of amides is 1. The average molecular weight is 249 g/mol. The predicted molar refractivity (Wildman–Crippen MR) is 73.3 cm³/mol. The summed E-state index contributed by atoms with van der Waals surface area (Å²) in [6.07, 6.45) is 5.04. The molecule has 3 nitrogen and oxygen atoms in total. The fourth-order valence-corrected chi connectivity index (χ4v) is 1.97. The number of aryl methyl sites for hydroxylation is 2. The van der Waals surface area contributed by atoms with Crippen molar-refractivity contribution in [2.24, 2.45) is 0 Å². The molecule has 0 aliphatic heterocycles. The molecule has 18 heavy (non-hydrogen) atoms. The molecule has 0 atom stereocenters. The van der Waals surface area contributed by atoms with E-state index in [1.54, 1.807) is 0 Å². The second-order valence-corrected chi connectivity index (χ2v) is 4.74. The Kier molecular flexibility index (Phi) is 5.83. The fourth-order valence-electron chi connectivity index (χ4n) is 1.97. The summed E-state index contributed by atoms with van der Waals surface area (Å²) < 4.78 is 2.02. The Morgan fingerprint density at radius 1 is 1.28 bits per heavy atom. The Labute approximate surface area is 110 Å². The van der Waals surface area contributed by atoms with E-state index in [9.17, 15) is 4.79 Å². The lowest BCUT2D eigenvalue weighted by atomic mass is 10.1. The molecule has 100 valence electrons. The monoisotopic (exact) mass is 249 g/mol. The quantitative estimate of drug-likeness (QED) is 0.770. The summed E-state index contributed by atoms with van der Waals surface area (Å²) in [5.41, 5.74) is 2.38. The Bertz CT molecular complexity index is 397. The van der Waals surface area contributed by atoms with Gasteiger partial charge in [-0.25, -0.2) is 0 Å². The van der Waals surface area contributed by atoms with Gasteiger partial charge < -0.3 is 5.32 Å². The van der Waals surface area contributed by atoms with Crippen LogP contribution in [0.5, 0.6) is 0 Å². The van der Waals surface area contributed by atoms with E-state index in [-0.39, 0.29) is 5.91 Å². The van der Waals surface area contributed by atoms with Gasteiger partial charge in [0.25, 0.3) is 5.91 Å². The Morgan fingerprint density at radius 3 is 2.50 bits per heavy atom. The summed E-state index contributed by atoms with van der Waals surface area (Å²) in [7, 11) is 0. The molecule has 0 spiro atoms. The van der Waals surface area contributed by atoms with Gasteiger partial charge in [-0.1, -0.05) is 20.8 Å². The molecule has 3 heteroatoms. The molecule has 1 N–H and O–H groups in total. The van der Waals surface area contributed by atoms with Gasteiger partial charge in [-0.2, -0.15) is 4.57 Å². The molecule has 1 amide bonds. The Balaban J connectivity index is 2.69. The van der Waals surface area contributed by atoms with Crippen molar-refractivity contribution in [2.75, 3.05) is 0 Å². The molecule has 0 aliphatic carbocycles. The van der Waals surface area contributed by atoms with Crippen molar-refractivity contribution < 1.29 is 9.36 Å². The van der Waals surface area contributed by atoms with E-state index in [1.807, 2.05) is 11.5 Å². The predicted octanol–water partition coefficient (Wildman–Crippen LogP) is 2.15. The van der Waals surface area contributed by atoms with Crippen molar-refractivity contribution in [3.63, 3.8) is 0 Å². The van der Waals surface area contributed by atoms with Crippen LogP contribution < -0.4 is 9.88 Å². The van der Waals surface area contributed by atoms with Crippen molar-refractivity contribution in [1.82, 2.24) is 5.32 Å². The summed E-state index contributed by atoms with van der Waals surface area (Å²) in [4.78, 5) is 12.0. The Morgan fingerprint density at radius 2 is 1.94 bits per heavy atom. The fraction of sp³-hybridized carbons (Fsp3) is 0.600. The zero-order valence-corrected chi connectivity index (χ0v) is 12.0. The molecule has 0 aromatic carbocycles. The highest BCUT2D eigenvalue weighted by Crippen LogP contribution is 1.99. The molecule has 0 radical (unpaired) electrons. The summed E-state index contributed by atoms with van der Waals surface area (Å²) >= 11 is 0. The van der Waals surface area contributed by atoms with Crippen LogP contribution >= 0.6 is 0 Å². The normalized spacial score (nSPS) is 10.7. The van der Waals surface area contributed by atoms with Crippen LogP contribution in [-0.2, 0) is 17.8 Å². The van der Waals surface area contributed by atoms with Gasteiger partial charge in [-0.15, -0.1) is 0 Å². The van der Waals surface area contributed by atoms with E-state index < -0.39 is 0 Å². The minimum Gasteiger partial charge on any atom is -0.348 e. The highest BCUT2D eigenvalue weighted by molar-refractivity contribution is 5.74. The number of rotatable bonds is 6. The number of nitrogens with zero attached hydrogens (tertiary/aromatic N) is 1. The van der Waals surface area contributed by atoms with E-state index >= 15 is 0 Å². The molecule has 0 saturated heterocycles. The Hall–Kier alpha value is -1.38. The molecular weight excluding hydrogens is 224 g/mol. The molecule has 1 aromatic heterocycles. The van der Waals surface area contributed by atoms with Gasteiger partial charge in [0.2, 0.25) is 6.54 Å². The van der Waals surface area contributed by atoms with Gasteiger partial charge in [0, 0.05) is 24.6 Å². The number of hydrogen-bond donors (Lipinski definition) is 1. The van der Waals surface area contributed by atoms with Crippen LogP contribution in [0.2, 0.25) is 0 Å². The van der Waals surface area contributed by atoms with Gasteiger partial charge in [0.1, 0.15) is 0 Å². The van der Waals surface area contributed by atoms with Crippen molar-refractivity contribution in [3.8, 4) is 0 Å². The smallest absolute Gasteiger partial charge is 0.286 e. The summed E-state index contributed by atoms with van der Waals surface area (Å²) in [5.74, 6) is 0.102. The van der Waals surface area contributed by atoms with Crippen LogP contribution in [0.4, 0.5) is 0 Å². The van der Waals surface area contributed by atoms with Crippen LogP contribution in [0.15, 0.2) is 18.3 Å². The molecule has 1 heterocycles. The van der Waals surface area contributed by atoms with E-state index in [1.165, 1.54) is 5.56 Å². The van der Waals surface area contributed by atoms with E-state index in [4.69, 9.17) is 0 Å². The number of carbonyl (C=O) groups excluding carboxylic acids is 1. The van der Waals surface area contributed by atoms with Crippen molar-refractivity contribution in [1.29, 1.82) is 0 Å². The lowest BCUT2D eigenvalue weighted by molar-refractivity contribution is -0.690. The van der Waals surface area contributed by atoms with Crippen molar-refractivity contribution >= 4 is 5.91 Å². The number of hydrogen-bond acceptors (Lipinski definition) is 1.